The Morgan fingerprint density at radius 1 is 0.531 bits per heavy atom. The van der Waals surface area contributed by atoms with Gasteiger partial charge < -0.3 is 24.4 Å². The van der Waals surface area contributed by atoms with Gasteiger partial charge in [0.25, 0.3) is 0 Å². The maximum absolute atomic E-state index is 10.7. The van der Waals surface area contributed by atoms with Crippen LogP contribution in [-0.4, -0.2) is 51.2 Å². The van der Waals surface area contributed by atoms with Gasteiger partial charge in [-0.05, 0) is 129 Å². The van der Waals surface area contributed by atoms with E-state index < -0.39 is 32.1 Å². The smallest absolute Gasteiger partial charge is 4.00 e. The Labute approximate surface area is 585 Å². The van der Waals surface area contributed by atoms with Gasteiger partial charge in [-0.15, -0.1) is 11.4 Å². The van der Waals surface area contributed by atoms with Gasteiger partial charge in [0.15, 0.2) is 6.71 Å². The van der Waals surface area contributed by atoms with E-state index in [0.717, 1.165) is 18.1 Å². The van der Waals surface area contributed by atoms with Crippen LogP contribution in [0.5, 0.6) is 0 Å². The summed E-state index contributed by atoms with van der Waals surface area (Å²) in [6.45, 7) is 18.9. The Kier molecular flexibility index (Phi) is 22.3. The molecule has 4 unspecified atom stereocenters. The molecule has 0 radical (unpaired) electrons. The Bertz CT molecular complexity index is 3910. The van der Waals surface area contributed by atoms with Crippen LogP contribution in [0.3, 0.4) is 0 Å². The van der Waals surface area contributed by atoms with Crippen molar-refractivity contribution in [2.45, 2.75) is 117 Å². The third-order valence-electron chi connectivity index (χ3n) is 17.4. The standard InChI is InChI=1S/C33H35BN4.C33H33BN4.CHO.2ClH.2F6P.2Pt/c2*1-24-18-25(2)33(26(3)19-24)34-27-8-6-10-29(20-27)35-14-16-37(22-35)31-12-4-5-13-32(31)38-17-15-36(23-38)30-11-7-9-28(34)21-30;1-2;;;2*1-7(2,3,4,5)6;;/h6-11,14-23,31-32H,4-5,12-13H2,1-3H3;6-11,14-19,22-23,31-32H,4-5,12-13H2,1-3H3;1H;2*1H;;;;/q+2;-4;-1;;;2*-1;+2;+4/p-2/i;;1D;;;;;;. The van der Waals surface area contributed by atoms with Crippen molar-refractivity contribution in [3.05, 3.63) is 230 Å². The first-order chi connectivity index (χ1) is 44.8. The third kappa shape index (κ3) is 20.7. The molecule has 96 heavy (non-hydrogen) atoms. The fraction of sp³-hybridized carbons (Fsp3) is 0.269. The van der Waals surface area contributed by atoms with Crippen molar-refractivity contribution in [1.29, 1.82) is 0 Å². The van der Waals surface area contributed by atoms with Crippen molar-refractivity contribution < 1.29 is 103 Å². The molecule has 0 amide bonds. The van der Waals surface area contributed by atoms with E-state index in [2.05, 4.69) is 276 Å². The van der Waals surface area contributed by atoms with E-state index in [1.165, 1.54) is 129 Å². The Hall–Kier alpha value is -5.80. The van der Waals surface area contributed by atoms with Crippen molar-refractivity contribution in [3.63, 3.8) is 0 Å². The number of aryl methyl sites for hydroxylation is 6. The van der Waals surface area contributed by atoms with E-state index in [4.69, 9.17) is 25.0 Å². The van der Waals surface area contributed by atoms with Gasteiger partial charge in [0, 0.05) is 12.1 Å². The number of aromatic nitrogens is 4. The van der Waals surface area contributed by atoms with Crippen LogP contribution in [-0.2, 0) is 42.3 Å². The van der Waals surface area contributed by atoms with Gasteiger partial charge in [-0.2, -0.15) is 74.2 Å². The van der Waals surface area contributed by atoms with E-state index in [1.54, 1.807) is 0 Å². The summed E-state index contributed by atoms with van der Waals surface area (Å²) in [7, 11) is -11.6. The molecule has 9 nitrogen and oxygen atoms in total. The normalized spacial score (nSPS) is 19.8. The second-order valence-electron chi connectivity index (χ2n) is 24.5. The number of halogens is 14. The Balaban J connectivity index is 0.000000193. The van der Waals surface area contributed by atoms with Gasteiger partial charge in [0.05, 0.1) is 0 Å². The topological polar surface area (TPSA) is 47.6 Å². The molecule has 29 heteroatoms. The SMILES string of the molecule is Cc1cc(C)c(B2c3[c-]c(ccc3)N3C=CN([CH-]3)C3CCCCC3N3C=CN([CH-]3)c3[c-]c2ccc3)c(C)c1.Cc1cc(C)c(B2c3cccc(c3)-n3cc[n+](c3)C3CCCCC3[n+]3ccn(c3)-c3cccc2c3)c(C)c1.F[P-](F)(F)(F)(F)F.F[P-](F)(F)(F)(F)F.[2H][C-]=O.[Cl][Pt][Cl].[Pt+4]. The second-order valence-corrected chi connectivity index (χ2v) is 31.7. The van der Waals surface area contributed by atoms with E-state index >= 15 is 0 Å². The molecule has 16 bridgehead atoms. The predicted octanol–water partition coefficient (Wildman–Crippen LogP) is 16.3. The van der Waals surface area contributed by atoms with Crippen molar-refractivity contribution in [1.82, 2.24) is 18.9 Å². The molecule has 2 saturated carbocycles. The summed E-state index contributed by atoms with van der Waals surface area (Å²) < 4.78 is 133. The van der Waals surface area contributed by atoms with Crippen LogP contribution in [0, 0.1) is 67.0 Å². The van der Waals surface area contributed by atoms with Gasteiger partial charge in [0.1, 0.15) is 48.2 Å². The number of nitrogens with zero attached hydrogens (tertiary/aromatic N) is 8. The summed E-state index contributed by atoms with van der Waals surface area (Å²) in [5.41, 5.74) is 20.2. The quantitative estimate of drug-likeness (QED) is 0.0431. The van der Waals surface area contributed by atoms with Crippen LogP contribution in [0.15, 0.2) is 171 Å². The Morgan fingerprint density at radius 3 is 1.23 bits per heavy atom. The van der Waals surface area contributed by atoms with Crippen molar-refractivity contribution in [2.75, 3.05) is 9.80 Å². The molecule has 4 aliphatic heterocycles. The van der Waals surface area contributed by atoms with E-state index in [1.807, 2.05) is 0 Å². The van der Waals surface area contributed by atoms with Crippen molar-refractivity contribution >= 4 is 98.8 Å². The first-order valence-corrected chi connectivity index (χ1v) is 40.0. The minimum atomic E-state index is -10.7. The number of carbonyl (C=O) groups excluding carboxylic acids is 1. The summed E-state index contributed by atoms with van der Waals surface area (Å²) in [5, 5.41) is 0. The first-order valence-electron chi connectivity index (χ1n) is 30.8. The predicted molar refractivity (Wildman–Crippen MR) is 357 cm³/mol. The van der Waals surface area contributed by atoms with E-state index in [-0.39, 0.29) is 34.5 Å². The number of rotatable bonds is 2. The van der Waals surface area contributed by atoms with E-state index in [0.29, 0.717) is 24.2 Å². The van der Waals surface area contributed by atoms with E-state index in [9.17, 15) is 50.4 Å². The summed E-state index contributed by atoms with van der Waals surface area (Å²) in [6, 6.07) is 50.1. The van der Waals surface area contributed by atoms with Crippen LogP contribution >= 0.6 is 34.5 Å². The molecule has 6 heterocycles. The molecular weight excluding hydrogens is 1710 g/mol. The number of hydrogen-bond acceptors (Lipinski definition) is 5. The molecule has 2 aromatic heterocycles. The van der Waals surface area contributed by atoms with Gasteiger partial charge >= 0.3 is 122 Å². The average molecular weight is 1780 g/mol. The summed E-state index contributed by atoms with van der Waals surface area (Å²) >= 11 is -0.472. The zero-order chi connectivity index (χ0) is 69.8. The average Bonchev–Trinajstić information content (AvgIpc) is 1.75. The molecule has 2 fully saturated rings. The monoisotopic (exact) mass is 1770 g/mol. The zero-order valence-electron chi connectivity index (χ0n) is 53.7. The molecule has 14 rings (SSSR count). The second kappa shape index (κ2) is 28.8. The molecule has 0 saturated heterocycles. The van der Waals surface area contributed by atoms with Crippen LogP contribution in [0.4, 0.5) is 61.7 Å². The Morgan fingerprint density at radius 2 is 0.865 bits per heavy atom. The number of imidazole rings is 2. The molecule has 8 aromatic rings. The van der Waals surface area contributed by atoms with Crippen LogP contribution in [0.2, 0.25) is 0 Å². The summed E-state index contributed by atoms with van der Waals surface area (Å²) in [5.74, 6) is 0. The van der Waals surface area contributed by atoms with Gasteiger partial charge in [-0.1, -0.05) is 117 Å². The fourth-order valence-electron chi connectivity index (χ4n) is 14.0. The molecule has 0 N–H and O–H groups in total. The van der Waals surface area contributed by atoms with Crippen molar-refractivity contribution in [2.24, 2.45) is 0 Å². The minimum Gasteiger partial charge on any atom is 4.00 e. The molecule has 0 spiro atoms. The van der Waals surface area contributed by atoms with Gasteiger partial charge in [-0.3, -0.25) is 6.77 Å². The molecule has 6 aliphatic rings. The molecule has 2 aliphatic carbocycles. The summed E-state index contributed by atoms with van der Waals surface area (Å²) in [6.07, 6.45) is 32.4. The fourth-order valence-corrected chi connectivity index (χ4v) is 14.0. The minimum absolute atomic E-state index is 0. The van der Waals surface area contributed by atoms with Crippen LogP contribution in [0.1, 0.15) is 98.2 Å². The zero-order valence-corrected chi connectivity index (χ0v) is 60.6. The largest absolute Gasteiger partial charge is 4.00 e. The molecule has 6 aromatic carbocycles. The number of fused-ring (bicyclic) bond motifs is 26. The van der Waals surface area contributed by atoms with Crippen LogP contribution in [0.25, 0.3) is 11.4 Å². The third-order valence-corrected chi connectivity index (χ3v) is 17.4. The first kappa shape index (κ1) is 74.4. The van der Waals surface area contributed by atoms with Gasteiger partial charge in [0.2, 0.25) is 19.4 Å². The van der Waals surface area contributed by atoms with Gasteiger partial charge in [-0.25, -0.2) is 18.3 Å². The van der Waals surface area contributed by atoms with Crippen LogP contribution < -0.4 is 51.7 Å². The maximum Gasteiger partial charge on any atom is 4.00 e. The number of anilines is 2. The number of hydrogen-bond donors (Lipinski definition) is 0. The molecular formula is C67H69B2Cl2F12N8OP2Pt2-. The number of benzene rings is 6. The molecule has 4 atom stereocenters. The summed E-state index contributed by atoms with van der Waals surface area (Å²) in [4.78, 5) is 17.7. The molecule has 518 valence electrons. The maximum atomic E-state index is 9.87. The van der Waals surface area contributed by atoms with Crippen molar-refractivity contribution in [3.8, 4) is 11.4 Å².